The number of hydrogen-bond acceptors (Lipinski definition) is 1. The van der Waals surface area contributed by atoms with Gasteiger partial charge in [-0.2, -0.15) is 0 Å². The molecule has 0 aliphatic carbocycles. The summed E-state index contributed by atoms with van der Waals surface area (Å²) in [6.07, 6.45) is 7.06. The van der Waals surface area contributed by atoms with Crippen LogP contribution in [0.25, 0.3) is 0 Å². The third-order valence-corrected chi connectivity index (χ3v) is 2.93. The number of nitrogens with one attached hydrogen (secondary N) is 1. The summed E-state index contributed by atoms with van der Waals surface area (Å²) in [6.45, 7) is 2.63. The van der Waals surface area contributed by atoms with Crippen LogP contribution in [0.1, 0.15) is 23.0 Å². The second-order valence-corrected chi connectivity index (χ2v) is 4.45. The molecule has 0 bridgehead atoms. The molecular weight excluding hydrogens is 260 g/mol. The molecule has 0 spiro atoms. The van der Waals surface area contributed by atoms with Gasteiger partial charge in [0.05, 0.1) is 5.02 Å². The summed E-state index contributed by atoms with van der Waals surface area (Å²) < 4.78 is 1.79. The van der Waals surface area contributed by atoms with Crippen molar-refractivity contribution in [3.63, 3.8) is 0 Å². The molecule has 1 aromatic carbocycles. The molecule has 2 aromatic rings. The van der Waals surface area contributed by atoms with Crippen LogP contribution in [0.2, 0.25) is 5.02 Å². The molecule has 4 heteroatoms. The first-order valence-corrected chi connectivity index (χ1v) is 6.25. The van der Waals surface area contributed by atoms with Crippen molar-refractivity contribution >= 4 is 23.2 Å². The zero-order valence-electron chi connectivity index (χ0n) is 10.5. The number of rotatable bonds is 3. The van der Waals surface area contributed by atoms with E-state index in [1.807, 2.05) is 6.92 Å². The molecule has 0 aliphatic rings. The maximum atomic E-state index is 12.2. The first-order valence-electron chi connectivity index (χ1n) is 5.87. The minimum atomic E-state index is -0.206. The van der Waals surface area contributed by atoms with Crippen LogP contribution in [0.15, 0.2) is 36.5 Å². The number of terminal acetylenes is 1. The smallest absolute Gasteiger partial charge is 0.272 e. The maximum Gasteiger partial charge on any atom is 0.272 e. The van der Waals surface area contributed by atoms with E-state index in [1.165, 1.54) is 0 Å². The number of nitrogens with zero attached hydrogens (tertiary/aromatic N) is 1. The number of anilines is 1. The number of benzene rings is 1. The van der Waals surface area contributed by atoms with Crippen LogP contribution in [0.5, 0.6) is 0 Å². The normalized spacial score (nSPS) is 9.95. The summed E-state index contributed by atoms with van der Waals surface area (Å²) in [5, 5.41) is 3.35. The summed E-state index contributed by atoms with van der Waals surface area (Å²) in [5.74, 6) is 2.32. The fourth-order valence-corrected chi connectivity index (χ4v) is 2.03. The summed E-state index contributed by atoms with van der Waals surface area (Å²) in [6, 6.07) is 8.79. The van der Waals surface area contributed by atoms with Gasteiger partial charge in [-0.3, -0.25) is 4.79 Å². The molecule has 2 rings (SSSR count). The number of carbonyl (C=O) groups is 1. The molecule has 0 fully saturated rings. The van der Waals surface area contributed by atoms with Crippen molar-refractivity contribution in [2.45, 2.75) is 13.5 Å². The Hall–Kier alpha value is -2.18. The topological polar surface area (TPSA) is 34.0 Å². The SMILES string of the molecule is C#Cc1cccc(NC(=O)c2cc(Cl)cn2CC)c1. The van der Waals surface area contributed by atoms with Crippen LogP contribution in [-0.4, -0.2) is 10.5 Å². The van der Waals surface area contributed by atoms with E-state index in [9.17, 15) is 4.79 Å². The van der Waals surface area contributed by atoms with Gasteiger partial charge >= 0.3 is 0 Å². The van der Waals surface area contributed by atoms with E-state index in [0.29, 0.717) is 22.9 Å². The second-order valence-electron chi connectivity index (χ2n) is 4.01. The second kappa shape index (κ2) is 5.64. The van der Waals surface area contributed by atoms with E-state index < -0.39 is 0 Å². The molecular formula is C15H13ClN2O. The number of hydrogen-bond donors (Lipinski definition) is 1. The highest BCUT2D eigenvalue weighted by Crippen LogP contribution is 2.16. The van der Waals surface area contributed by atoms with Crippen LogP contribution >= 0.6 is 11.6 Å². The molecule has 1 aromatic heterocycles. The summed E-state index contributed by atoms with van der Waals surface area (Å²) in [5.41, 5.74) is 1.92. The average Bonchev–Trinajstić information content (AvgIpc) is 2.80. The highest BCUT2D eigenvalue weighted by molar-refractivity contribution is 6.31. The molecule has 1 N–H and O–H groups in total. The van der Waals surface area contributed by atoms with E-state index in [1.54, 1.807) is 41.1 Å². The molecule has 1 amide bonds. The Morgan fingerprint density at radius 1 is 1.47 bits per heavy atom. The zero-order valence-corrected chi connectivity index (χ0v) is 11.2. The van der Waals surface area contributed by atoms with Crippen molar-refractivity contribution in [2.75, 3.05) is 5.32 Å². The van der Waals surface area contributed by atoms with Crippen LogP contribution in [0.3, 0.4) is 0 Å². The molecule has 0 atom stereocenters. The van der Waals surface area contributed by atoms with Crippen molar-refractivity contribution < 1.29 is 4.79 Å². The van der Waals surface area contributed by atoms with Crippen molar-refractivity contribution in [3.05, 3.63) is 52.8 Å². The van der Waals surface area contributed by atoms with E-state index in [2.05, 4.69) is 11.2 Å². The number of halogens is 1. The Balaban J connectivity index is 2.23. The average molecular weight is 273 g/mol. The van der Waals surface area contributed by atoms with Gasteiger partial charge in [0.15, 0.2) is 0 Å². The molecule has 0 radical (unpaired) electrons. The standard InChI is InChI=1S/C15H13ClN2O/c1-3-11-6-5-7-13(8-11)17-15(19)14-9-12(16)10-18(14)4-2/h1,5-10H,4H2,2H3,(H,17,19). The molecule has 0 unspecified atom stereocenters. The highest BCUT2D eigenvalue weighted by atomic mass is 35.5. The Morgan fingerprint density at radius 2 is 2.26 bits per heavy atom. The summed E-state index contributed by atoms with van der Waals surface area (Å²) >= 11 is 5.91. The van der Waals surface area contributed by atoms with E-state index >= 15 is 0 Å². The molecule has 0 aliphatic heterocycles. The number of aromatic nitrogens is 1. The minimum Gasteiger partial charge on any atom is -0.342 e. The fourth-order valence-electron chi connectivity index (χ4n) is 1.81. The third-order valence-electron chi connectivity index (χ3n) is 2.72. The van der Waals surface area contributed by atoms with Gasteiger partial charge < -0.3 is 9.88 Å². The number of carbonyl (C=O) groups excluding carboxylic acids is 1. The van der Waals surface area contributed by atoms with E-state index in [-0.39, 0.29) is 5.91 Å². The van der Waals surface area contributed by atoms with Crippen LogP contribution in [-0.2, 0) is 6.54 Å². The van der Waals surface area contributed by atoms with Gasteiger partial charge in [0.1, 0.15) is 5.69 Å². The molecule has 0 saturated heterocycles. The van der Waals surface area contributed by atoms with Crippen molar-refractivity contribution in [1.82, 2.24) is 4.57 Å². The van der Waals surface area contributed by atoms with E-state index in [4.69, 9.17) is 18.0 Å². The molecule has 96 valence electrons. The highest BCUT2D eigenvalue weighted by Gasteiger charge is 2.12. The largest absolute Gasteiger partial charge is 0.342 e. The van der Waals surface area contributed by atoms with Gasteiger partial charge in [-0.25, -0.2) is 0 Å². The third kappa shape index (κ3) is 2.98. The fraction of sp³-hybridized carbons (Fsp3) is 0.133. The number of amides is 1. The predicted molar refractivity (Wildman–Crippen MR) is 77.4 cm³/mol. The Kier molecular flexibility index (Phi) is 3.94. The summed E-state index contributed by atoms with van der Waals surface area (Å²) in [4.78, 5) is 12.2. The molecule has 0 saturated carbocycles. The van der Waals surface area contributed by atoms with Gasteiger partial charge in [-0.05, 0) is 31.2 Å². The van der Waals surface area contributed by atoms with Gasteiger partial charge in [0.2, 0.25) is 0 Å². The monoisotopic (exact) mass is 272 g/mol. The lowest BCUT2D eigenvalue weighted by atomic mass is 10.2. The predicted octanol–water partition coefficient (Wildman–Crippen LogP) is 3.40. The first-order chi connectivity index (χ1) is 9.13. The minimum absolute atomic E-state index is 0.206. The lowest BCUT2D eigenvalue weighted by Gasteiger charge is -2.07. The van der Waals surface area contributed by atoms with Crippen molar-refractivity contribution in [2.24, 2.45) is 0 Å². The molecule has 1 heterocycles. The van der Waals surface area contributed by atoms with Gasteiger partial charge in [-0.1, -0.05) is 23.6 Å². The molecule has 3 nitrogen and oxygen atoms in total. The van der Waals surface area contributed by atoms with Crippen molar-refractivity contribution in [1.29, 1.82) is 0 Å². The van der Waals surface area contributed by atoms with Crippen LogP contribution in [0, 0.1) is 12.3 Å². The first kappa shape index (κ1) is 13.3. The van der Waals surface area contributed by atoms with Crippen LogP contribution < -0.4 is 5.32 Å². The number of aryl methyl sites for hydroxylation is 1. The molecule has 19 heavy (non-hydrogen) atoms. The Morgan fingerprint density at radius 3 is 2.95 bits per heavy atom. The van der Waals surface area contributed by atoms with Crippen LogP contribution in [0.4, 0.5) is 5.69 Å². The maximum absolute atomic E-state index is 12.2. The van der Waals surface area contributed by atoms with Gasteiger partial charge in [0.25, 0.3) is 5.91 Å². The quantitative estimate of drug-likeness (QED) is 0.854. The van der Waals surface area contributed by atoms with Gasteiger partial charge in [-0.15, -0.1) is 6.42 Å². The lowest BCUT2D eigenvalue weighted by Crippen LogP contribution is -2.16. The Labute approximate surface area is 117 Å². The van der Waals surface area contributed by atoms with E-state index in [0.717, 1.165) is 5.56 Å². The Bertz CT molecular complexity index is 652. The zero-order chi connectivity index (χ0) is 13.8. The van der Waals surface area contributed by atoms with Gasteiger partial charge in [0, 0.05) is 24.0 Å². The van der Waals surface area contributed by atoms with Crippen molar-refractivity contribution in [3.8, 4) is 12.3 Å². The summed E-state index contributed by atoms with van der Waals surface area (Å²) in [7, 11) is 0. The lowest BCUT2D eigenvalue weighted by molar-refractivity contribution is 0.101.